The lowest BCUT2D eigenvalue weighted by atomic mass is 9.97. The minimum absolute atomic E-state index is 0.0994. The van der Waals surface area contributed by atoms with Crippen molar-refractivity contribution in [3.63, 3.8) is 0 Å². The van der Waals surface area contributed by atoms with Crippen molar-refractivity contribution >= 4 is 18.0 Å². The van der Waals surface area contributed by atoms with Crippen molar-refractivity contribution in [1.29, 1.82) is 0 Å². The number of carbonyl (C=O) groups excluding carboxylic acids is 2. The fourth-order valence-electron chi connectivity index (χ4n) is 4.95. The standard InChI is InChI=1S/C32H36N2O6/c1-21(39-19-22-11-5-4-6-12-22)29(30(37)34-32(2,3)18-17-28(35)36)33-31(38)40-20-27-25-15-9-7-13-23(25)24-14-8-10-16-26(24)27/h4-16,21,27,29H,17-20H2,1-3H3,(H,33,38)(H,34,37)(H,35,36). The summed E-state index contributed by atoms with van der Waals surface area (Å²) in [4.78, 5) is 37.5. The first-order valence-electron chi connectivity index (χ1n) is 13.5. The number of rotatable bonds is 12. The van der Waals surface area contributed by atoms with E-state index in [1.807, 2.05) is 66.7 Å². The van der Waals surface area contributed by atoms with Gasteiger partial charge in [0, 0.05) is 17.9 Å². The molecule has 0 radical (unpaired) electrons. The van der Waals surface area contributed by atoms with Gasteiger partial charge in [-0.05, 0) is 55.0 Å². The van der Waals surface area contributed by atoms with E-state index in [4.69, 9.17) is 14.6 Å². The fraction of sp³-hybridized carbons (Fsp3) is 0.344. The zero-order valence-electron chi connectivity index (χ0n) is 23.1. The van der Waals surface area contributed by atoms with Gasteiger partial charge in [-0.3, -0.25) is 9.59 Å². The van der Waals surface area contributed by atoms with Crippen LogP contribution in [0.3, 0.4) is 0 Å². The highest BCUT2D eigenvalue weighted by Crippen LogP contribution is 2.44. The molecule has 40 heavy (non-hydrogen) atoms. The van der Waals surface area contributed by atoms with Crippen LogP contribution in [-0.2, 0) is 25.7 Å². The summed E-state index contributed by atoms with van der Waals surface area (Å²) in [6, 6.07) is 24.6. The number of ether oxygens (including phenoxy) is 2. The summed E-state index contributed by atoms with van der Waals surface area (Å²) in [6.45, 7) is 5.56. The lowest BCUT2D eigenvalue weighted by molar-refractivity contribution is -0.138. The Labute approximate surface area is 234 Å². The molecule has 0 fully saturated rings. The van der Waals surface area contributed by atoms with Gasteiger partial charge >= 0.3 is 12.1 Å². The van der Waals surface area contributed by atoms with Gasteiger partial charge < -0.3 is 25.2 Å². The number of hydrogen-bond acceptors (Lipinski definition) is 5. The Morgan fingerprint density at radius 1 is 0.900 bits per heavy atom. The van der Waals surface area contributed by atoms with Gasteiger partial charge in [-0.1, -0.05) is 78.9 Å². The molecular weight excluding hydrogens is 508 g/mol. The van der Waals surface area contributed by atoms with Crippen LogP contribution in [0.4, 0.5) is 4.79 Å². The lowest BCUT2D eigenvalue weighted by Gasteiger charge is -2.31. The molecule has 1 aliphatic carbocycles. The summed E-state index contributed by atoms with van der Waals surface area (Å²) in [7, 11) is 0. The number of carboxylic acids is 1. The minimum Gasteiger partial charge on any atom is -0.481 e. The molecule has 0 bridgehead atoms. The van der Waals surface area contributed by atoms with E-state index in [0.717, 1.165) is 27.8 Å². The van der Waals surface area contributed by atoms with Crippen molar-refractivity contribution < 1.29 is 29.0 Å². The molecule has 3 aromatic rings. The number of fused-ring (bicyclic) bond motifs is 3. The number of carboxylic acid groups (broad SMARTS) is 1. The van der Waals surface area contributed by atoms with Gasteiger partial charge in [0.05, 0.1) is 12.7 Å². The molecule has 8 heteroatoms. The summed E-state index contributed by atoms with van der Waals surface area (Å²) >= 11 is 0. The van der Waals surface area contributed by atoms with Crippen molar-refractivity contribution in [3.8, 4) is 11.1 Å². The molecule has 2 amide bonds. The van der Waals surface area contributed by atoms with Crippen LogP contribution in [0.25, 0.3) is 11.1 Å². The molecular formula is C32H36N2O6. The van der Waals surface area contributed by atoms with E-state index in [-0.39, 0.29) is 32.0 Å². The highest BCUT2D eigenvalue weighted by atomic mass is 16.5. The summed E-state index contributed by atoms with van der Waals surface area (Å²) in [5.41, 5.74) is 4.54. The molecule has 210 valence electrons. The Balaban J connectivity index is 1.44. The highest BCUT2D eigenvalue weighted by Gasteiger charge is 2.33. The van der Waals surface area contributed by atoms with Crippen LogP contribution >= 0.6 is 0 Å². The molecule has 2 atom stereocenters. The van der Waals surface area contributed by atoms with Gasteiger partial charge in [-0.25, -0.2) is 4.79 Å². The monoisotopic (exact) mass is 544 g/mol. The predicted molar refractivity (Wildman–Crippen MR) is 152 cm³/mol. The molecule has 1 aliphatic rings. The quantitative estimate of drug-likeness (QED) is 0.287. The maximum absolute atomic E-state index is 13.4. The fourth-order valence-corrected chi connectivity index (χ4v) is 4.95. The van der Waals surface area contributed by atoms with Crippen molar-refractivity contribution in [2.45, 2.75) is 63.8 Å². The summed E-state index contributed by atoms with van der Waals surface area (Å²) in [6.07, 6.45) is -1.31. The molecule has 0 spiro atoms. The molecule has 0 saturated heterocycles. The summed E-state index contributed by atoms with van der Waals surface area (Å²) in [5.74, 6) is -1.55. The van der Waals surface area contributed by atoms with Crippen LogP contribution in [0.15, 0.2) is 78.9 Å². The Hall–Kier alpha value is -4.17. The van der Waals surface area contributed by atoms with E-state index in [0.29, 0.717) is 0 Å². The van der Waals surface area contributed by atoms with Crippen molar-refractivity contribution in [2.75, 3.05) is 6.61 Å². The molecule has 0 heterocycles. The van der Waals surface area contributed by atoms with Crippen LogP contribution in [-0.4, -0.2) is 47.4 Å². The van der Waals surface area contributed by atoms with Gasteiger partial charge in [-0.2, -0.15) is 0 Å². The van der Waals surface area contributed by atoms with Crippen LogP contribution in [0, 0.1) is 0 Å². The highest BCUT2D eigenvalue weighted by molar-refractivity contribution is 5.87. The first-order valence-corrected chi connectivity index (χ1v) is 13.5. The molecule has 3 N–H and O–H groups in total. The number of amides is 2. The first kappa shape index (κ1) is 28.8. The Morgan fingerprint density at radius 3 is 2.08 bits per heavy atom. The van der Waals surface area contributed by atoms with Crippen LogP contribution in [0.1, 0.15) is 56.2 Å². The number of alkyl carbamates (subject to hydrolysis) is 1. The minimum atomic E-state index is -1.07. The molecule has 0 aromatic heterocycles. The van der Waals surface area contributed by atoms with E-state index in [2.05, 4.69) is 22.8 Å². The first-order chi connectivity index (χ1) is 19.1. The molecule has 4 rings (SSSR count). The average molecular weight is 545 g/mol. The van der Waals surface area contributed by atoms with Gasteiger partial charge in [0.1, 0.15) is 12.6 Å². The van der Waals surface area contributed by atoms with Gasteiger partial charge in [-0.15, -0.1) is 0 Å². The van der Waals surface area contributed by atoms with Crippen LogP contribution in [0.5, 0.6) is 0 Å². The zero-order chi connectivity index (χ0) is 28.7. The maximum atomic E-state index is 13.4. The Morgan fingerprint density at radius 2 is 1.48 bits per heavy atom. The Bertz CT molecular complexity index is 1290. The SMILES string of the molecule is CC(OCc1ccccc1)C(NC(=O)OCC1c2ccccc2-c2ccccc21)C(=O)NC(C)(C)CCC(=O)O. The second-order valence-electron chi connectivity index (χ2n) is 10.7. The summed E-state index contributed by atoms with van der Waals surface area (Å²) < 4.78 is 11.6. The largest absolute Gasteiger partial charge is 0.481 e. The third-order valence-corrected chi connectivity index (χ3v) is 7.15. The molecule has 3 aromatic carbocycles. The van der Waals surface area contributed by atoms with Crippen molar-refractivity contribution in [3.05, 3.63) is 95.6 Å². The van der Waals surface area contributed by atoms with Gasteiger partial charge in [0.2, 0.25) is 5.91 Å². The van der Waals surface area contributed by atoms with E-state index < -0.39 is 35.7 Å². The van der Waals surface area contributed by atoms with E-state index >= 15 is 0 Å². The maximum Gasteiger partial charge on any atom is 0.407 e. The molecule has 0 aliphatic heterocycles. The number of carbonyl (C=O) groups is 3. The van der Waals surface area contributed by atoms with E-state index in [9.17, 15) is 14.4 Å². The number of aliphatic carboxylic acids is 1. The van der Waals surface area contributed by atoms with Crippen molar-refractivity contribution in [2.24, 2.45) is 0 Å². The number of nitrogens with one attached hydrogen (secondary N) is 2. The van der Waals surface area contributed by atoms with E-state index in [1.165, 1.54) is 0 Å². The predicted octanol–water partition coefficient (Wildman–Crippen LogP) is 5.26. The van der Waals surface area contributed by atoms with Gasteiger partial charge in [0.25, 0.3) is 0 Å². The van der Waals surface area contributed by atoms with E-state index in [1.54, 1.807) is 20.8 Å². The summed E-state index contributed by atoms with van der Waals surface area (Å²) in [5, 5.41) is 14.6. The van der Waals surface area contributed by atoms with Crippen LogP contribution < -0.4 is 10.6 Å². The zero-order valence-corrected chi connectivity index (χ0v) is 23.1. The second kappa shape index (κ2) is 12.8. The Kier molecular flexibility index (Phi) is 9.22. The van der Waals surface area contributed by atoms with Gasteiger partial charge in [0.15, 0.2) is 0 Å². The average Bonchev–Trinajstić information content (AvgIpc) is 3.26. The lowest BCUT2D eigenvalue weighted by Crippen LogP contribution is -2.57. The smallest absolute Gasteiger partial charge is 0.407 e. The third kappa shape index (κ3) is 7.27. The van der Waals surface area contributed by atoms with Crippen LogP contribution in [0.2, 0.25) is 0 Å². The molecule has 0 saturated carbocycles. The normalized spacial score (nSPS) is 14.0. The van der Waals surface area contributed by atoms with Crippen molar-refractivity contribution in [1.82, 2.24) is 10.6 Å². The topological polar surface area (TPSA) is 114 Å². The molecule has 2 unspecified atom stereocenters. The second-order valence-corrected chi connectivity index (χ2v) is 10.7. The molecule has 8 nitrogen and oxygen atoms in total. The number of hydrogen-bond donors (Lipinski definition) is 3. The number of benzene rings is 3. The third-order valence-electron chi connectivity index (χ3n) is 7.15.